The molecule has 1 aliphatic heterocycles. The number of aryl methyl sites for hydroxylation is 2. The van der Waals surface area contributed by atoms with Crippen LogP contribution >= 0.6 is 0 Å². The first-order valence-corrected chi connectivity index (χ1v) is 7.60. The van der Waals surface area contributed by atoms with Crippen LogP contribution in [0.5, 0.6) is 0 Å². The number of hydrogen-bond acceptors (Lipinski definition) is 3. The van der Waals surface area contributed by atoms with Gasteiger partial charge >= 0.3 is 0 Å². The predicted octanol–water partition coefficient (Wildman–Crippen LogP) is 3.02. The number of nitrogens with zero attached hydrogens (tertiary/aromatic N) is 2. The molecule has 3 nitrogen and oxygen atoms in total. The Morgan fingerprint density at radius 2 is 2.11 bits per heavy atom. The monoisotopic (exact) mass is 263 g/mol. The van der Waals surface area contributed by atoms with E-state index in [0.717, 1.165) is 32.0 Å². The lowest BCUT2D eigenvalue weighted by Crippen LogP contribution is -2.25. The van der Waals surface area contributed by atoms with Gasteiger partial charge in [-0.25, -0.2) is 4.98 Å². The normalized spacial score (nSPS) is 18.2. The molecule has 1 unspecified atom stereocenters. The summed E-state index contributed by atoms with van der Waals surface area (Å²) in [5, 5.41) is 3.27. The van der Waals surface area contributed by atoms with Gasteiger partial charge in [-0.3, -0.25) is 0 Å². The van der Waals surface area contributed by atoms with E-state index in [2.05, 4.69) is 36.2 Å². The number of rotatable bonds is 4. The Balaban J connectivity index is 0.000000861. The maximum Gasteiger partial charge on any atom is 0.129 e. The average molecular weight is 263 g/mol. The quantitative estimate of drug-likeness (QED) is 0.905. The molecule has 0 spiro atoms. The van der Waals surface area contributed by atoms with Gasteiger partial charge in [0.05, 0.1) is 0 Å². The van der Waals surface area contributed by atoms with Gasteiger partial charge in [0.1, 0.15) is 5.82 Å². The van der Waals surface area contributed by atoms with Crippen molar-refractivity contribution in [1.29, 1.82) is 0 Å². The zero-order valence-electron chi connectivity index (χ0n) is 13.2. The Morgan fingerprint density at radius 1 is 1.37 bits per heavy atom. The second kappa shape index (κ2) is 8.16. The van der Waals surface area contributed by atoms with Crippen molar-refractivity contribution in [2.75, 3.05) is 31.6 Å². The molecule has 1 aromatic heterocycles. The molecule has 0 bridgehead atoms. The van der Waals surface area contributed by atoms with Gasteiger partial charge < -0.3 is 10.2 Å². The molecular weight excluding hydrogens is 234 g/mol. The minimum atomic E-state index is 0.771. The molecule has 0 radical (unpaired) electrons. The van der Waals surface area contributed by atoms with E-state index in [0.29, 0.717) is 0 Å². The molecule has 0 aliphatic carbocycles. The summed E-state index contributed by atoms with van der Waals surface area (Å²) in [6.07, 6.45) is 2.29. The average Bonchev–Trinajstić information content (AvgIpc) is 2.89. The van der Waals surface area contributed by atoms with E-state index >= 15 is 0 Å². The summed E-state index contributed by atoms with van der Waals surface area (Å²) >= 11 is 0. The second-order valence-corrected chi connectivity index (χ2v) is 5.01. The van der Waals surface area contributed by atoms with Gasteiger partial charge in [-0.2, -0.15) is 0 Å². The molecule has 1 saturated heterocycles. The van der Waals surface area contributed by atoms with E-state index in [9.17, 15) is 0 Å². The van der Waals surface area contributed by atoms with Gasteiger partial charge in [-0.15, -0.1) is 0 Å². The third-order valence-electron chi connectivity index (χ3n) is 3.47. The molecule has 2 rings (SSSR count). The van der Waals surface area contributed by atoms with Gasteiger partial charge in [0.25, 0.3) is 0 Å². The topological polar surface area (TPSA) is 28.2 Å². The maximum atomic E-state index is 4.73. The Kier molecular flexibility index (Phi) is 6.85. The number of pyridine rings is 1. The standard InChI is InChI=1S/C14H23N3.C2H6/c1-4-13-7-11(2)8-14(16-13)17-6-5-12(10-17)9-15-3;1-2/h7-8,12,15H,4-6,9-10H2,1-3H3;1-2H3. The van der Waals surface area contributed by atoms with Crippen molar-refractivity contribution in [2.45, 2.75) is 40.5 Å². The molecule has 1 N–H and O–H groups in total. The first kappa shape index (κ1) is 16.0. The van der Waals surface area contributed by atoms with Gasteiger partial charge in [0, 0.05) is 18.8 Å². The maximum absolute atomic E-state index is 4.73. The van der Waals surface area contributed by atoms with Crippen LogP contribution < -0.4 is 10.2 Å². The van der Waals surface area contributed by atoms with Gasteiger partial charge in [-0.1, -0.05) is 20.8 Å². The minimum absolute atomic E-state index is 0.771. The Morgan fingerprint density at radius 3 is 2.74 bits per heavy atom. The molecule has 2 heterocycles. The van der Waals surface area contributed by atoms with Crippen LogP contribution in [-0.2, 0) is 6.42 Å². The molecule has 3 heteroatoms. The minimum Gasteiger partial charge on any atom is -0.356 e. The van der Waals surface area contributed by atoms with Crippen LogP contribution in [0.2, 0.25) is 0 Å². The van der Waals surface area contributed by atoms with Crippen molar-refractivity contribution in [3.63, 3.8) is 0 Å². The van der Waals surface area contributed by atoms with E-state index < -0.39 is 0 Å². The number of hydrogen-bond donors (Lipinski definition) is 1. The van der Waals surface area contributed by atoms with Crippen LogP contribution in [-0.4, -0.2) is 31.7 Å². The van der Waals surface area contributed by atoms with E-state index in [1.807, 2.05) is 20.9 Å². The molecule has 1 aromatic rings. The summed E-state index contributed by atoms with van der Waals surface area (Å²) in [6.45, 7) is 11.7. The second-order valence-electron chi connectivity index (χ2n) is 5.01. The molecule has 108 valence electrons. The Hall–Kier alpha value is -1.09. The van der Waals surface area contributed by atoms with Gasteiger partial charge in [-0.05, 0) is 57.0 Å². The zero-order valence-corrected chi connectivity index (χ0v) is 13.2. The predicted molar refractivity (Wildman–Crippen MR) is 83.9 cm³/mol. The molecule has 0 saturated carbocycles. The van der Waals surface area contributed by atoms with Crippen molar-refractivity contribution in [3.8, 4) is 0 Å². The van der Waals surface area contributed by atoms with Crippen LogP contribution in [0.25, 0.3) is 0 Å². The molecule has 1 atom stereocenters. The lowest BCUT2D eigenvalue weighted by Gasteiger charge is -2.19. The highest BCUT2D eigenvalue weighted by molar-refractivity contribution is 5.43. The van der Waals surface area contributed by atoms with E-state index in [1.54, 1.807) is 0 Å². The summed E-state index contributed by atoms with van der Waals surface area (Å²) in [4.78, 5) is 7.16. The lowest BCUT2D eigenvalue weighted by molar-refractivity contribution is 0.549. The van der Waals surface area contributed by atoms with Gasteiger partial charge in [0.2, 0.25) is 0 Å². The molecular formula is C16H29N3. The van der Waals surface area contributed by atoms with Crippen molar-refractivity contribution in [3.05, 3.63) is 23.4 Å². The summed E-state index contributed by atoms with van der Waals surface area (Å²) in [5.74, 6) is 1.94. The third-order valence-corrected chi connectivity index (χ3v) is 3.47. The van der Waals surface area contributed by atoms with Crippen LogP contribution in [0, 0.1) is 12.8 Å². The lowest BCUT2D eigenvalue weighted by atomic mass is 10.1. The van der Waals surface area contributed by atoms with Gasteiger partial charge in [0.15, 0.2) is 0 Å². The van der Waals surface area contributed by atoms with Crippen LogP contribution in [0.3, 0.4) is 0 Å². The largest absolute Gasteiger partial charge is 0.356 e. The molecule has 1 aliphatic rings. The van der Waals surface area contributed by atoms with E-state index in [-0.39, 0.29) is 0 Å². The van der Waals surface area contributed by atoms with Crippen molar-refractivity contribution >= 4 is 5.82 Å². The van der Waals surface area contributed by atoms with Crippen LogP contribution in [0.1, 0.15) is 38.4 Å². The number of aromatic nitrogens is 1. The van der Waals surface area contributed by atoms with Crippen molar-refractivity contribution in [2.24, 2.45) is 5.92 Å². The van der Waals surface area contributed by atoms with Crippen molar-refractivity contribution in [1.82, 2.24) is 10.3 Å². The number of anilines is 1. The Bertz CT molecular complexity index is 376. The third kappa shape index (κ3) is 4.50. The van der Waals surface area contributed by atoms with Crippen LogP contribution in [0.15, 0.2) is 12.1 Å². The molecule has 0 aromatic carbocycles. The summed E-state index contributed by atoms with van der Waals surface area (Å²) in [5.41, 5.74) is 2.53. The van der Waals surface area contributed by atoms with E-state index in [4.69, 9.17) is 4.98 Å². The fourth-order valence-electron chi connectivity index (χ4n) is 2.56. The highest BCUT2D eigenvalue weighted by atomic mass is 15.2. The SMILES string of the molecule is CC.CCc1cc(C)cc(N2CCC(CNC)C2)n1. The molecule has 0 amide bonds. The first-order chi connectivity index (χ1) is 9.22. The summed E-state index contributed by atoms with van der Waals surface area (Å²) in [7, 11) is 2.03. The summed E-state index contributed by atoms with van der Waals surface area (Å²) < 4.78 is 0. The highest BCUT2D eigenvalue weighted by Crippen LogP contribution is 2.23. The molecule has 19 heavy (non-hydrogen) atoms. The van der Waals surface area contributed by atoms with E-state index in [1.165, 1.54) is 23.5 Å². The zero-order chi connectivity index (χ0) is 14.3. The Labute approximate surface area is 118 Å². The first-order valence-electron chi connectivity index (χ1n) is 7.60. The number of nitrogens with one attached hydrogen (secondary N) is 1. The summed E-state index contributed by atoms with van der Waals surface area (Å²) in [6, 6.07) is 4.39. The molecule has 1 fully saturated rings. The highest BCUT2D eigenvalue weighted by Gasteiger charge is 2.22. The van der Waals surface area contributed by atoms with Crippen molar-refractivity contribution < 1.29 is 0 Å². The fourth-order valence-corrected chi connectivity index (χ4v) is 2.56. The van der Waals surface area contributed by atoms with Crippen LogP contribution in [0.4, 0.5) is 5.82 Å². The fraction of sp³-hybridized carbons (Fsp3) is 0.688. The smallest absolute Gasteiger partial charge is 0.129 e.